The summed E-state index contributed by atoms with van der Waals surface area (Å²) in [6.45, 7) is 5.39. The fourth-order valence-corrected chi connectivity index (χ4v) is 3.33. The zero-order valence-corrected chi connectivity index (χ0v) is 14.8. The number of fused-ring (bicyclic) bond motifs is 1. The molecule has 1 aromatic carbocycles. The maximum Gasteiger partial charge on any atom is 0.233 e. The van der Waals surface area contributed by atoms with Crippen molar-refractivity contribution in [3.8, 4) is 0 Å². The smallest absolute Gasteiger partial charge is 0.233 e. The maximum absolute atomic E-state index is 12.6. The molecule has 0 atom stereocenters. The van der Waals surface area contributed by atoms with Crippen LogP contribution < -0.4 is 0 Å². The number of carbonyl (C=O) groups excluding carboxylic acids is 1. The highest BCUT2D eigenvalue weighted by atomic mass is 16.5. The van der Waals surface area contributed by atoms with E-state index in [1.54, 1.807) is 0 Å². The van der Waals surface area contributed by atoms with E-state index in [0.29, 0.717) is 25.4 Å². The zero-order valence-electron chi connectivity index (χ0n) is 14.8. The number of benzene rings is 1. The normalized spacial score (nSPS) is 15.1. The standard InChI is InChI=1S/C19H22N4O2/c1-12(2)18-20-19(25-21-18)14-10-23(11-14)17(24)8-13-9-22(3)16-7-5-4-6-15(13)16/h4-7,9,12,14H,8,10-11H2,1-3H3. The Balaban J connectivity index is 1.41. The van der Waals surface area contributed by atoms with Gasteiger partial charge in [0.25, 0.3) is 0 Å². The quantitative estimate of drug-likeness (QED) is 0.734. The summed E-state index contributed by atoms with van der Waals surface area (Å²) in [6, 6.07) is 8.18. The molecule has 0 bridgehead atoms. The fraction of sp³-hybridized carbons (Fsp3) is 0.421. The maximum atomic E-state index is 12.6. The molecule has 3 aromatic rings. The molecule has 3 heterocycles. The second-order valence-corrected chi connectivity index (χ2v) is 7.10. The van der Waals surface area contributed by atoms with Gasteiger partial charge in [0.2, 0.25) is 11.8 Å². The van der Waals surface area contributed by atoms with Crippen LogP contribution in [0.5, 0.6) is 0 Å². The third-order valence-electron chi connectivity index (χ3n) is 4.88. The van der Waals surface area contributed by atoms with Gasteiger partial charge in [-0.05, 0) is 11.6 Å². The van der Waals surface area contributed by atoms with E-state index in [-0.39, 0.29) is 17.7 Å². The van der Waals surface area contributed by atoms with Crippen LogP contribution >= 0.6 is 0 Å². The van der Waals surface area contributed by atoms with Gasteiger partial charge >= 0.3 is 0 Å². The molecule has 1 saturated heterocycles. The van der Waals surface area contributed by atoms with Crippen molar-refractivity contribution < 1.29 is 9.32 Å². The van der Waals surface area contributed by atoms with Crippen molar-refractivity contribution in [2.45, 2.75) is 32.1 Å². The fourth-order valence-electron chi connectivity index (χ4n) is 3.33. The highest BCUT2D eigenvalue weighted by Crippen LogP contribution is 2.28. The van der Waals surface area contributed by atoms with E-state index in [1.165, 1.54) is 0 Å². The highest BCUT2D eigenvalue weighted by Gasteiger charge is 2.35. The SMILES string of the molecule is CC(C)c1noc(C2CN(C(=O)Cc3cn(C)c4ccccc34)C2)n1. The number of hydrogen-bond donors (Lipinski definition) is 0. The monoisotopic (exact) mass is 338 g/mol. The predicted octanol–water partition coefficient (Wildman–Crippen LogP) is 2.85. The summed E-state index contributed by atoms with van der Waals surface area (Å²) in [5, 5.41) is 5.15. The molecule has 6 nitrogen and oxygen atoms in total. The van der Waals surface area contributed by atoms with Crippen LogP contribution in [-0.4, -0.2) is 38.6 Å². The first-order valence-corrected chi connectivity index (χ1v) is 8.67. The van der Waals surface area contributed by atoms with Gasteiger partial charge in [-0.25, -0.2) is 0 Å². The van der Waals surface area contributed by atoms with E-state index in [2.05, 4.69) is 26.8 Å². The third kappa shape index (κ3) is 2.81. The summed E-state index contributed by atoms with van der Waals surface area (Å²) in [7, 11) is 2.01. The Hall–Kier alpha value is -2.63. The molecule has 1 amide bonds. The number of likely N-dealkylation sites (tertiary alicyclic amines) is 1. The van der Waals surface area contributed by atoms with Crippen LogP contribution in [-0.2, 0) is 18.3 Å². The zero-order chi connectivity index (χ0) is 17.6. The van der Waals surface area contributed by atoms with Gasteiger partial charge in [-0.2, -0.15) is 4.98 Å². The number of rotatable bonds is 4. The summed E-state index contributed by atoms with van der Waals surface area (Å²) < 4.78 is 7.41. The van der Waals surface area contributed by atoms with Crippen molar-refractivity contribution in [1.29, 1.82) is 0 Å². The number of para-hydroxylation sites is 1. The molecule has 0 unspecified atom stereocenters. The van der Waals surface area contributed by atoms with Gasteiger partial charge in [-0.1, -0.05) is 37.2 Å². The first kappa shape index (κ1) is 15.9. The summed E-state index contributed by atoms with van der Waals surface area (Å²) in [5.41, 5.74) is 2.23. The van der Waals surface area contributed by atoms with Crippen molar-refractivity contribution in [3.05, 3.63) is 47.7 Å². The Morgan fingerprint density at radius 2 is 2.08 bits per heavy atom. The lowest BCUT2D eigenvalue weighted by molar-refractivity contribution is -0.135. The molecule has 25 heavy (non-hydrogen) atoms. The number of amides is 1. The van der Waals surface area contributed by atoms with E-state index >= 15 is 0 Å². The minimum absolute atomic E-state index is 0.149. The summed E-state index contributed by atoms with van der Waals surface area (Å²) in [4.78, 5) is 18.9. The lowest BCUT2D eigenvalue weighted by Gasteiger charge is -2.37. The van der Waals surface area contributed by atoms with Gasteiger partial charge < -0.3 is 14.0 Å². The van der Waals surface area contributed by atoms with Crippen molar-refractivity contribution in [3.63, 3.8) is 0 Å². The average Bonchev–Trinajstić information content (AvgIpc) is 3.13. The van der Waals surface area contributed by atoms with Gasteiger partial charge in [0.05, 0.1) is 12.3 Å². The second kappa shape index (κ2) is 6.02. The molecule has 4 rings (SSSR count). The van der Waals surface area contributed by atoms with E-state index < -0.39 is 0 Å². The van der Waals surface area contributed by atoms with Gasteiger partial charge in [-0.15, -0.1) is 0 Å². The van der Waals surface area contributed by atoms with Crippen LogP contribution in [0.25, 0.3) is 10.9 Å². The van der Waals surface area contributed by atoms with Crippen LogP contribution in [0.1, 0.15) is 43.0 Å². The average molecular weight is 338 g/mol. The number of aryl methyl sites for hydroxylation is 1. The topological polar surface area (TPSA) is 64.2 Å². The van der Waals surface area contributed by atoms with E-state index in [0.717, 1.165) is 22.3 Å². The Morgan fingerprint density at radius 1 is 1.32 bits per heavy atom. The second-order valence-electron chi connectivity index (χ2n) is 7.10. The molecule has 1 aliphatic heterocycles. The molecule has 0 aliphatic carbocycles. The molecule has 1 fully saturated rings. The summed E-state index contributed by atoms with van der Waals surface area (Å²) in [5.74, 6) is 1.95. The van der Waals surface area contributed by atoms with Crippen molar-refractivity contribution in [2.24, 2.45) is 7.05 Å². The molecule has 130 valence electrons. The van der Waals surface area contributed by atoms with Crippen molar-refractivity contribution in [2.75, 3.05) is 13.1 Å². The van der Waals surface area contributed by atoms with E-state index in [1.807, 2.05) is 44.1 Å². The van der Waals surface area contributed by atoms with Crippen LogP contribution in [0.4, 0.5) is 0 Å². The minimum atomic E-state index is 0.149. The van der Waals surface area contributed by atoms with E-state index in [9.17, 15) is 4.79 Å². The molecule has 1 aliphatic rings. The molecule has 6 heteroatoms. The molecule has 2 aromatic heterocycles. The Labute approximate surface area is 146 Å². The summed E-state index contributed by atoms with van der Waals surface area (Å²) in [6.07, 6.45) is 2.47. The molecular formula is C19H22N4O2. The molecular weight excluding hydrogens is 316 g/mol. The van der Waals surface area contributed by atoms with Crippen LogP contribution in [0.3, 0.4) is 0 Å². The molecule has 0 saturated carbocycles. The van der Waals surface area contributed by atoms with Gasteiger partial charge in [-0.3, -0.25) is 4.79 Å². The largest absolute Gasteiger partial charge is 0.350 e. The predicted molar refractivity (Wildman–Crippen MR) is 94.3 cm³/mol. The van der Waals surface area contributed by atoms with Crippen molar-refractivity contribution in [1.82, 2.24) is 19.6 Å². The number of hydrogen-bond acceptors (Lipinski definition) is 4. The first-order chi connectivity index (χ1) is 12.0. The lowest BCUT2D eigenvalue weighted by Crippen LogP contribution is -2.49. The molecule has 0 radical (unpaired) electrons. The van der Waals surface area contributed by atoms with Crippen LogP contribution in [0, 0.1) is 0 Å². The van der Waals surface area contributed by atoms with Gasteiger partial charge in [0, 0.05) is 43.2 Å². The third-order valence-corrected chi connectivity index (χ3v) is 4.88. The number of nitrogens with zero attached hydrogens (tertiary/aromatic N) is 4. The van der Waals surface area contributed by atoms with Crippen LogP contribution in [0.2, 0.25) is 0 Å². The lowest BCUT2D eigenvalue weighted by atomic mass is 9.98. The van der Waals surface area contributed by atoms with Gasteiger partial charge in [0.1, 0.15) is 0 Å². The van der Waals surface area contributed by atoms with Gasteiger partial charge in [0.15, 0.2) is 5.82 Å². The highest BCUT2D eigenvalue weighted by molar-refractivity contribution is 5.89. The van der Waals surface area contributed by atoms with E-state index in [4.69, 9.17) is 4.52 Å². The minimum Gasteiger partial charge on any atom is -0.350 e. The first-order valence-electron chi connectivity index (χ1n) is 8.67. The van der Waals surface area contributed by atoms with Crippen molar-refractivity contribution >= 4 is 16.8 Å². The number of aromatic nitrogens is 3. The number of carbonyl (C=O) groups is 1. The molecule has 0 N–H and O–H groups in total. The summed E-state index contributed by atoms with van der Waals surface area (Å²) >= 11 is 0. The van der Waals surface area contributed by atoms with Crippen LogP contribution in [0.15, 0.2) is 35.0 Å². The Bertz CT molecular complexity index is 919. The Morgan fingerprint density at radius 3 is 2.80 bits per heavy atom. The Kier molecular flexibility index (Phi) is 3.82. The molecule has 0 spiro atoms.